The summed E-state index contributed by atoms with van der Waals surface area (Å²) in [5.41, 5.74) is 0. The Balaban J connectivity index is 4.51. The first-order valence-corrected chi connectivity index (χ1v) is 22.2. The van der Waals surface area contributed by atoms with Gasteiger partial charge in [-0.3, -0.25) is 9.36 Å². The molecule has 0 saturated carbocycles. The Bertz CT molecular complexity index is 991. The van der Waals surface area contributed by atoms with E-state index in [0.717, 1.165) is 51.4 Å². The highest BCUT2D eigenvalue weighted by molar-refractivity contribution is 7.45. The van der Waals surface area contributed by atoms with Crippen molar-refractivity contribution in [2.45, 2.75) is 174 Å². The highest BCUT2D eigenvalue weighted by Crippen LogP contribution is 2.38. The molecule has 2 atom stereocenters. The lowest BCUT2D eigenvalue weighted by atomic mass is 10.1. The Kier molecular flexibility index (Phi) is 33.8. The van der Waals surface area contributed by atoms with Crippen molar-refractivity contribution in [3.63, 3.8) is 0 Å². The van der Waals surface area contributed by atoms with E-state index in [1.807, 2.05) is 33.3 Å². The van der Waals surface area contributed by atoms with Gasteiger partial charge in [-0.25, -0.2) is 4.79 Å². The van der Waals surface area contributed by atoms with Crippen LogP contribution in [0.2, 0.25) is 0 Å². The van der Waals surface area contributed by atoms with Crippen molar-refractivity contribution >= 4 is 19.8 Å². The summed E-state index contributed by atoms with van der Waals surface area (Å²) in [5.74, 6) is -1.10. The number of unbranched alkanes of at least 4 members (excludes halogenated alkanes) is 20. The second-order valence-corrected chi connectivity index (χ2v) is 16.5. The van der Waals surface area contributed by atoms with Crippen molar-refractivity contribution in [2.24, 2.45) is 0 Å². The van der Waals surface area contributed by atoms with Crippen LogP contribution in [0.4, 0.5) is 0 Å². The Labute approximate surface area is 319 Å². The van der Waals surface area contributed by atoms with E-state index in [1.165, 1.54) is 96.0 Å². The average molecular weight is 756 g/mol. The van der Waals surface area contributed by atoms with E-state index in [0.29, 0.717) is 17.4 Å². The lowest BCUT2D eigenvalue weighted by Gasteiger charge is -2.28. The number of nitrogens with zero attached hydrogens (tertiary/aromatic N) is 1. The van der Waals surface area contributed by atoms with Gasteiger partial charge in [-0.2, -0.15) is 0 Å². The SMILES string of the molecule is CCCCCC/C=C/CCCCCCCC(=O)O[C@H](COC(=O)/C=C/C=C/CCCCCCCCCCCCC)COP(=O)([O-])OCC[N+](C)(C)C. The summed E-state index contributed by atoms with van der Waals surface area (Å²) in [5, 5.41) is 0. The largest absolute Gasteiger partial charge is 0.756 e. The first-order chi connectivity index (χ1) is 25.0. The van der Waals surface area contributed by atoms with Crippen LogP contribution in [0.3, 0.4) is 0 Å². The van der Waals surface area contributed by atoms with Crippen LogP contribution in [0.15, 0.2) is 36.5 Å². The number of hydrogen-bond acceptors (Lipinski definition) is 8. The third-order valence-electron chi connectivity index (χ3n) is 8.74. The number of likely N-dealkylation sites (N-methyl/N-ethyl adjacent to an activating group) is 1. The van der Waals surface area contributed by atoms with Crippen molar-refractivity contribution in [3.05, 3.63) is 36.5 Å². The van der Waals surface area contributed by atoms with E-state index in [-0.39, 0.29) is 19.6 Å². The van der Waals surface area contributed by atoms with Gasteiger partial charge in [0, 0.05) is 12.5 Å². The molecule has 0 saturated heterocycles. The van der Waals surface area contributed by atoms with Gasteiger partial charge in [0.1, 0.15) is 19.8 Å². The quantitative estimate of drug-likeness (QED) is 0.0117. The molecule has 0 aromatic rings. The number of quaternary nitrogens is 1. The van der Waals surface area contributed by atoms with Crippen molar-refractivity contribution in [1.29, 1.82) is 0 Å². The molecule has 0 N–H and O–H groups in total. The molecule has 0 aromatic carbocycles. The number of carbonyl (C=O) groups is 2. The van der Waals surface area contributed by atoms with Crippen molar-refractivity contribution < 1.29 is 42.1 Å². The monoisotopic (exact) mass is 756 g/mol. The summed E-state index contributed by atoms with van der Waals surface area (Å²) in [6, 6.07) is 0. The standard InChI is InChI=1S/C42H78NO8P/c1-6-8-10-12-14-16-18-20-21-23-24-26-28-30-32-34-41(44)48-38-40(39-50-52(46,47)49-37-36-43(3,4)5)51-42(45)35-33-31-29-27-25-22-19-17-15-13-11-9-7-2/h17,19,28,30,32,34,40H,6-16,18,20-27,29,31,33,35-39H2,1-5H3/b19-17+,30-28+,34-32+/t40-/m1/s1. The Morgan fingerprint density at radius 1 is 0.635 bits per heavy atom. The number of ether oxygens (including phenoxy) is 2. The summed E-state index contributed by atoms with van der Waals surface area (Å²) in [7, 11) is 1.12. The van der Waals surface area contributed by atoms with E-state index in [9.17, 15) is 19.0 Å². The van der Waals surface area contributed by atoms with Crippen LogP contribution >= 0.6 is 7.82 Å². The van der Waals surface area contributed by atoms with Crippen LogP contribution in [0.5, 0.6) is 0 Å². The molecule has 0 fully saturated rings. The molecule has 0 heterocycles. The van der Waals surface area contributed by atoms with Gasteiger partial charge in [0.05, 0.1) is 27.7 Å². The molecule has 10 heteroatoms. The average Bonchev–Trinajstić information content (AvgIpc) is 3.09. The minimum Gasteiger partial charge on any atom is -0.756 e. The highest BCUT2D eigenvalue weighted by atomic mass is 31.2. The van der Waals surface area contributed by atoms with Crippen LogP contribution in [0.1, 0.15) is 168 Å². The normalized spacial score (nSPS) is 14.0. The maximum absolute atomic E-state index is 12.6. The summed E-state index contributed by atoms with van der Waals surface area (Å²) in [4.78, 5) is 37.3. The van der Waals surface area contributed by atoms with Gasteiger partial charge in [-0.05, 0) is 44.9 Å². The Morgan fingerprint density at radius 3 is 1.65 bits per heavy atom. The summed E-state index contributed by atoms with van der Waals surface area (Å²) in [6.07, 6.45) is 38.0. The second kappa shape index (κ2) is 35.0. The topological polar surface area (TPSA) is 111 Å². The molecular weight excluding hydrogens is 677 g/mol. The third kappa shape index (κ3) is 38.0. The smallest absolute Gasteiger partial charge is 0.330 e. The lowest BCUT2D eigenvalue weighted by Crippen LogP contribution is -2.37. The van der Waals surface area contributed by atoms with E-state index in [2.05, 4.69) is 26.0 Å². The zero-order valence-corrected chi connectivity index (χ0v) is 34.9. The minimum atomic E-state index is -4.64. The van der Waals surface area contributed by atoms with Gasteiger partial charge in [0.15, 0.2) is 6.10 Å². The molecule has 0 rings (SSSR count). The number of phosphoric acid groups is 1. The molecule has 0 aliphatic rings. The Morgan fingerprint density at radius 2 is 1.12 bits per heavy atom. The molecule has 0 amide bonds. The van der Waals surface area contributed by atoms with Crippen molar-refractivity contribution in [2.75, 3.05) is 47.5 Å². The lowest BCUT2D eigenvalue weighted by molar-refractivity contribution is -0.870. The molecule has 0 aliphatic heterocycles. The van der Waals surface area contributed by atoms with Gasteiger partial charge in [0.25, 0.3) is 7.82 Å². The molecule has 9 nitrogen and oxygen atoms in total. The van der Waals surface area contributed by atoms with Crippen molar-refractivity contribution in [3.8, 4) is 0 Å². The van der Waals surface area contributed by atoms with Gasteiger partial charge in [0.2, 0.25) is 0 Å². The van der Waals surface area contributed by atoms with E-state index in [4.69, 9.17) is 18.5 Å². The predicted molar refractivity (Wildman–Crippen MR) is 213 cm³/mol. The summed E-state index contributed by atoms with van der Waals surface area (Å²) in [6.45, 7) is 4.06. The molecule has 1 unspecified atom stereocenters. The maximum Gasteiger partial charge on any atom is 0.330 e. The van der Waals surface area contributed by atoms with Crippen LogP contribution in [0.25, 0.3) is 0 Å². The number of allylic oxidation sites excluding steroid dienone is 5. The zero-order chi connectivity index (χ0) is 38.6. The number of phosphoric ester groups is 1. The van der Waals surface area contributed by atoms with Crippen LogP contribution in [-0.4, -0.2) is 70.0 Å². The first kappa shape index (κ1) is 50.2. The molecule has 0 radical (unpaired) electrons. The fraction of sp³-hybridized carbons (Fsp3) is 0.810. The summed E-state index contributed by atoms with van der Waals surface area (Å²) < 4.78 is 33.6. The van der Waals surface area contributed by atoms with Gasteiger partial charge >= 0.3 is 11.9 Å². The minimum absolute atomic E-state index is 0.0450. The molecular formula is C42H78NO8P. The maximum atomic E-state index is 12.6. The van der Waals surface area contributed by atoms with Crippen LogP contribution < -0.4 is 4.89 Å². The van der Waals surface area contributed by atoms with Crippen LogP contribution in [0, 0.1) is 0 Å². The Hall–Kier alpha value is -1.77. The molecule has 0 bridgehead atoms. The fourth-order valence-corrected chi connectivity index (χ4v) is 6.17. The number of hydrogen-bond donors (Lipinski definition) is 0. The number of carbonyl (C=O) groups excluding carboxylic acids is 2. The summed E-state index contributed by atoms with van der Waals surface area (Å²) >= 11 is 0. The van der Waals surface area contributed by atoms with Crippen molar-refractivity contribution in [1.82, 2.24) is 0 Å². The third-order valence-corrected chi connectivity index (χ3v) is 9.70. The van der Waals surface area contributed by atoms with Gasteiger partial charge in [-0.1, -0.05) is 147 Å². The number of esters is 2. The fourth-order valence-electron chi connectivity index (χ4n) is 5.44. The molecule has 52 heavy (non-hydrogen) atoms. The second-order valence-electron chi connectivity index (χ2n) is 15.1. The molecule has 304 valence electrons. The zero-order valence-electron chi connectivity index (χ0n) is 34.0. The first-order valence-electron chi connectivity index (χ1n) is 20.7. The van der Waals surface area contributed by atoms with E-state index < -0.39 is 32.5 Å². The number of rotatable bonds is 37. The van der Waals surface area contributed by atoms with E-state index >= 15 is 0 Å². The van der Waals surface area contributed by atoms with Gasteiger partial charge < -0.3 is 27.9 Å². The molecule has 0 aromatic heterocycles. The molecule has 0 aliphatic carbocycles. The predicted octanol–water partition coefficient (Wildman–Crippen LogP) is 10.7. The highest BCUT2D eigenvalue weighted by Gasteiger charge is 2.21. The molecule has 0 spiro atoms. The van der Waals surface area contributed by atoms with E-state index in [1.54, 1.807) is 6.08 Å². The van der Waals surface area contributed by atoms with Gasteiger partial charge in [-0.15, -0.1) is 0 Å². The van der Waals surface area contributed by atoms with Crippen LogP contribution in [-0.2, 0) is 32.7 Å².